The zero-order chi connectivity index (χ0) is 16.6. The van der Waals surface area contributed by atoms with E-state index in [2.05, 4.69) is 27.4 Å². The van der Waals surface area contributed by atoms with Crippen LogP contribution < -0.4 is 5.32 Å². The van der Waals surface area contributed by atoms with E-state index in [1.165, 1.54) is 11.1 Å². The van der Waals surface area contributed by atoms with Crippen molar-refractivity contribution in [1.82, 2.24) is 15.3 Å². The van der Waals surface area contributed by atoms with Gasteiger partial charge in [-0.25, -0.2) is 0 Å². The SMILES string of the molecule is O=C(NCC(Cc1ccncc1)c1ccccc1)c1cccnc1. The van der Waals surface area contributed by atoms with Gasteiger partial charge in [-0.2, -0.15) is 0 Å². The van der Waals surface area contributed by atoms with Crippen molar-refractivity contribution in [2.24, 2.45) is 0 Å². The summed E-state index contributed by atoms with van der Waals surface area (Å²) in [4.78, 5) is 20.3. The van der Waals surface area contributed by atoms with Crippen molar-refractivity contribution in [3.8, 4) is 0 Å². The van der Waals surface area contributed by atoms with Crippen molar-refractivity contribution in [1.29, 1.82) is 0 Å². The van der Waals surface area contributed by atoms with Gasteiger partial charge < -0.3 is 5.32 Å². The molecule has 1 amide bonds. The number of hydrogen-bond donors (Lipinski definition) is 1. The first kappa shape index (κ1) is 15.9. The molecule has 1 unspecified atom stereocenters. The number of amides is 1. The highest BCUT2D eigenvalue weighted by atomic mass is 16.1. The number of hydrogen-bond acceptors (Lipinski definition) is 3. The fourth-order valence-corrected chi connectivity index (χ4v) is 2.65. The quantitative estimate of drug-likeness (QED) is 0.759. The molecular formula is C20H19N3O. The molecule has 3 rings (SSSR count). The van der Waals surface area contributed by atoms with Gasteiger partial charge in [0.15, 0.2) is 0 Å². The summed E-state index contributed by atoms with van der Waals surface area (Å²) in [5.41, 5.74) is 2.99. The van der Waals surface area contributed by atoms with Crippen LogP contribution >= 0.6 is 0 Å². The standard InChI is InChI=1S/C20H19N3O/c24-20(18-7-4-10-22-14-18)23-15-19(17-5-2-1-3-6-17)13-16-8-11-21-12-9-16/h1-12,14,19H,13,15H2,(H,23,24). The Labute approximate surface area is 141 Å². The molecule has 1 aromatic carbocycles. The van der Waals surface area contributed by atoms with Crippen LogP contribution in [-0.2, 0) is 6.42 Å². The third-order valence-corrected chi connectivity index (χ3v) is 3.94. The van der Waals surface area contributed by atoms with E-state index in [9.17, 15) is 4.79 Å². The lowest BCUT2D eigenvalue weighted by Gasteiger charge is -2.18. The summed E-state index contributed by atoms with van der Waals surface area (Å²) in [6, 6.07) is 17.8. The Hall–Kier alpha value is -3.01. The Bertz CT molecular complexity index is 761. The Balaban J connectivity index is 1.72. The van der Waals surface area contributed by atoms with Gasteiger partial charge in [-0.3, -0.25) is 14.8 Å². The topological polar surface area (TPSA) is 54.9 Å². The van der Waals surface area contributed by atoms with Crippen LogP contribution in [0.3, 0.4) is 0 Å². The highest BCUT2D eigenvalue weighted by Crippen LogP contribution is 2.20. The zero-order valence-electron chi connectivity index (χ0n) is 13.3. The largest absolute Gasteiger partial charge is 0.351 e. The second-order valence-corrected chi connectivity index (χ2v) is 5.62. The van der Waals surface area contributed by atoms with Crippen LogP contribution in [0, 0.1) is 0 Å². The van der Waals surface area contributed by atoms with Gasteiger partial charge in [-0.15, -0.1) is 0 Å². The summed E-state index contributed by atoms with van der Waals surface area (Å²) in [5.74, 6) is 0.105. The minimum absolute atomic E-state index is 0.0984. The van der Waals surface area contributed by atoms with Gasteiger partial charge >= 0.3 is 0 Å². The normalized spacial score (nSPS) is 11.7. The lowest BCUT2D eigenvalue weighted by molar-refractivity contribution is 0.0950. The lowest BCUT2D eigenvalue weighted by atomic mass is 9.92. The molecule has 1 atom stereocenters. The summed E-state index contributed by atoms with van der Waals surface area (Å²) < 4.78 is 0. The predicted molar refractivity (Wildman–Crippen MR) is 93.7 cm³/mol. The van der Waals surface area contributed by atoms with Gasteiger partial charge in [0.25, 0.3) is 5.91 Å². The molecule has 0 saturated carbocycles. The lowest BCUT2D eigenvalue weighted by Crippen LogP contribution is -2.29. The molecule has 4 nitrogen and oxygen atoms in total. The Morgan fingerprint density at radius 2 is 1.71 bits per heavy atom. The molecule has 1 N–H and O–H groups in total. The van der Waals surface area contributed by atoms with Gasteiger partial charge in [-0.1, -0.05) is 30.3 Å². The molecule has 24 heavy (non-hydrogen) atoms. The molecule has 0 saturated heterocycles. The maximum absolute atomic E-state index is 12.3. The number of carbonyl (C=O) groups excluding carboxylic acids is 1. The summed E-state index contributed by atoms with van der Waals surface area (Å²) in [5, 5.41) is 3.02. The third kappa shape index (κ3) is 4.26. The van der Waals surface area contributed by atoms with E-state index in [-0.39, 0.29) is 11.8 Å². The molecule has 0 aliphatic rings. The average molecular weight is 317 g/mol. The molecule has 3 aromatic rings. The molecule has 0 aliphatic carbocycles. The van der Waals surface area contributed by atoms with Gasteiger partial charge in [0.1, 0.15) is 0 Å². The summed E-state index contributed by atoms with van der Waals surface area (Å²) in [6.45, 7) is 0.570. The second kappa shape index (κ2) is 8.02. The van der Waals surface area contributed by atoms with Gasteiger partial charge in [0.05, 0.1) is 5.56 Å². The molecule has 0 aliphatic heterocycles. The first-order valence-corrected chi connectivity index (χ1v) is 7.95. The highest BCUT2D eigenvalue weighted by molar-refractivity contribution is 5.93. The van der Waals surface area contributed by atoms with E-state index >= 15 is 0 Å². The van der Waals surface area contributed by atoms with Crippen LogP contribution in [0.2, 0.25) is 0 Å². The van der Waals surface area contributed by atoms with E-state index in [0.29, 0.717) is 12.1 Å². The van der Waals surface area contributed by atoms with Crippen molar-refractivity contribution < 1.29 is 4.79 Å². The number of nitrogens with zero attached hydrogens (tertiary/aromatic N) is 2. The van der Waals surface area contributed by atoms with Crippen LogP contribution in [0.15, 0.2) is 79.4 Å². The van der Waals surface area contributed by atoms with Crippen molar-refractivity contribution in [2.45, 2.75) is 12.3 Å². The monoisotopic (exact) mass is 317 g/mol. The fraction of sp³-hybridized carbons (Fsp3) is 0.150. The first-order chi connectivity index (χ1) is 11.8. The summed E-state index contributed by atoms with van der Waals surface area (Å²) in [7, 11) is 0. The number of nitrogens with one attached hydrogen (secondary N) is 1. The Morgan fingerprint density at radius 3 is 2.42 bits per heavy atom. The van der Waals surface area contributed by atoms with Gasteiger partial charge in [0.2, 0.25) is 0 Å². The summed E-state index contributed by atoms with van der Waals surface area (Å²) >= 11 is 0. The molecule has 2 aromatic heterocycles. The summed E-state index contributed by atoms with van der Waals surface area (Å²) in [6.07, 6.45) is 7.68. The number of rotatable bonds is 6. The van der Waals surface area contributed by atoms with Crippen LogP contribution in [0.1, 0.15) is 27.4 Å². The van der Waals surface area contributed by atoms with Crippen molar-refractivity contribution in [3.05, 3.63) is 96.1 Å². The van der Waals surface area contributed by atoms with Crippen molar-refractivity contribution >= 4 is 5.91 Å². The fourth-order valence-electron chi connectivity index (χ4n) is 2.65. The molecule has 0 radical (unpaired) electrons. The molecule has 0 spiro atoms. The smallest absolute Gasteiger partial charge is 0.252 e. The molecule has 0 bridgehead atoms. The number of pyridine rings is 2. The van der Waals surface area contributed by atoms with Crippen molar-refractivity contribution in [3.63, 3.8) is 0 Å². The average Bonchev–Trinajstić information content (AvgIpc) is 2.67. The number of carbonyl (C=O) groups is 1. The molecule has 0 fully saturated rings. The van der Waals surface area contributed by atoms with Gasteiger partial charge in [-0.05, 0) is 41.8 Å². The first-order valence-electron chi connectivity index (χ1n) is 7.95. The molecule has 2 heterocycles. The zero-order valence-corrected chi connectivity index (χ0v) is 13.3. The molecular weight excluding hydrogens is 298 g/mol. The van der Waals surface area contributed by atoms with Crippen LogP contribution in [0.25, 0.3) is 0 Å². The number of benzene rings is 1. The minimum atomic E-state index is -0.0984. The molecule has 4 heteroatoms. The van der Waals surface area contributed by atoms with Crippen LogP contribution in [-0.4, -0.2) is 22.4 Å². The maximum Gasteiger partial charge on any atom is 0.252 e. The highest BCUT2D eigenvalue weighted by Gasteiger charge is 2.14. The van der Waals surface area contributed by atoms with E-state index in [4.69, 9.17) is 0 Å². The van der Waals surface area contributed by atoms with Crippen LogP contribution in [0.4, 0.5) is 0 Å². The second-order valence-electron chi connectivity index (χ2n) is 5.62. The Kier molecular flexibility index (Phi) is 5.30. The minimum Gasteiger partial charge on any atom is -0.351 e. The molecule has 120 valence electrons. The maximum atomic E-state index is 12.3. The van der Waals surface area contributed by atoms with Crippen molar-refractivity contribution in [2.75, 3.05) is 6.54 Å². The number of aromatic nitrogens is 2. The predicted octanol–water partition coefficient (Wildman–Crippen LogP) is 3.23. The van der Waals surface area contributed by atoms with E-state index in [0.717, 1.165) is 6.42 Å². The van der Waals surface area contributed by atoms with E-state index < -0.39 is 0 Å². The van der Waals surface area contributed by atoms with Gasteiger partial charge in [0, 0.05) is 37.3 Å². The Morgan fingerprint density at radius 1 is 0.917 bits per heavy atom. The third-order valence-electron chi connectivity index (χ3n) is 3.94. The van der Waals surface area contributed by atoms with Crippen LogP contribution in [0.5, 0.6) is 0 Å². The van der Waals surface area contributed by atoms with E-state index in [1.54, 1.807) is 36.9 Å². The van der Waals surface area contributed by atoms with E-state index in [1.807, 2.05) is 30.3 Å².